The molecule has 0 aliphatic rings. The van der Waals surface area contributed by atoms with E-state index < -0.39 is 10.8 Å². The van der Waals surface area contributed by atoms with Gasteiger partial charge in [0.2, 0.25) is 0 Å². The molecule has 0 unspecified atom stereocenters. The Bertz CT molecular complexity index is 1160. The van der Waals surface area contributed by atoms with Crippen LogP contribution < -0.4 is 10.1 Å². The van der Waals surface area contributed by atoms with Gasteiger partial charge in [0.25, 0.3) is 11.6 Å². The third-order valence-electron chi connectivity index (χ3n) is 4.40. The van der Waals surface area contributed by atoms with E-state index in [2.05, 4.69) is 5.32 Å². The van der Waals surface area contributed by atoms with Crippen LogP contribution in [0.1, 0.15) is 16.7 Å². The molecule has 31 heavy (non-hydrogen) atoms. The lowest BCUT2D eigenvalue weighted by molar-refractivity contribution is -0.384. The molecule has 1 N–H and O–H groups in total. The van der Waals surface area contributed by atoms with Gasteiger partial charge in [-0.05, 0) is 60.5 Å². The number of nitro groups is 1. The number of nitrogens with zero attached hydrogens (tertiary/aromatic N) is 2. The van der Waals surface area contributed by atoms with Crippen molar-refractivity contribution in [2.75, 3.05) is 5.32 Å². The van der Waals surface area contributed by atoms with E-state index in [1.54, 1.807) is 48.5 Å². The fourth-order valence-electron chi connectivity index (χ4n) is 2.73. The number of anilines is 1. The van der Waals surface area contributed by atoms with Gasteiger partial charge >= 0.3 is 0 Å². The fraction of sp³-hybridized carbons (Fsp3) is 0.0833. The summed E-state index contributed by atoms with van der Waals surface area (Å²) in [7, 11) is 0. The van der Waals surface area contributed by atoms with Crippen LogP contribution in [0.4, 0.5) is 11.4 Å². The first-order chi connectivity index (χ1) is 14.9. The number of ether oxygens (including phenoxy) is 1. The fourth-order valence-corrected chi connectivity index (χ4v) is 2.73. The Morgan fingerprint density at radius 2 is 1.84 bits per heavy atom. The second-order valence-electron chi connectivity index (χ2n) is 6.77. The molecule has 0 saturated carbocycles. The molecule has 1 amide bonds. The molecular weight excluding hydrogens is 394 g/mol. The zero-order valence-electron chi connectivity index (χ0n) is 16.7. The van der Waals surface area contributed by atoms with Gasteiger partial charge in [0.15, 0.2) is 0 Å². The number of nitrogens with one attached hydrogen (secondary N) is 1. The Kier molecular flexibility index (Phi) is 6.76. The van der Waals surface area contributed by atoms with Crippen LogP contribution in [0, 0.1) is 28.4 Å². The van der Waals surface area contributed by atoms with Crippen molar-refractivity contribution < 1.29 is 14.5 Å². The third-order valence-corrected chi connectivity index (χ3v) is 4.40. The number of aryl methyl sites for hydroxylation is 1. The molecular formula is C24H19N3O4. The van der Waals surface area contributed by atoms with Crippen LogP contribution >= 0.6 is 0 Å². The van der Waals surface area contributed by atoms with Crippen LogP contribution in [0.25, 0.3) is 6.08 Å². The molecule has 0 aromatic heterocycles. The molecule has 0 radical (unpaired) electrons. The molecule has 0 fully saturated rings. The average Bonchev–Trinajstić information content (AvgIpc) is 2.78. The van der Waals surface area contributed by atoms with Crippen molar-refractivity contribution in [2.24, 2.45) is 0 Å². The molecule has 0 heterocycles. The van der Waals surface area contributed by atoms with Gasteiger partial charge in [0.1, 0.15) is 24.0 Å². The van der Waals surface area contributed by atoms with Gasteiger partial charge in [0, 0.05) is 17.8 Å². The Labute approximate surface area is 179 Å². The highest BCUT2D eigenvalue weighted by Crippen LogP contribution is 2.19. The maximum atomic E-state index is 12.4. The van der Waals surface area contributed by atoms with Crippen molar-refractivity contribution in [1.29, 1.82) is 5.26 Å². The van der Waals surface area contributed by atoms with E-state index >= 15 is 0 Å². The maximum Gasteiger partial charge on any atom is 0.269 e. The lowest BCUT2D eigenvalue weighted by atomic mass is 10.1. The van der Waals surface area contributed by atoms with Crippen LogP contribution in [0.5, 0.6) is 5.75 Å². The first-order valence-electron chi connectivity index (χ1n) is 9.40. The molecule has 3 aromatic carbocycles. The van der Waals surface area contributed by atoms with E-state index in [1.807, 2.05) is 25.1 Å². The summed E-state index contributed by atoms with van der Waals surface area (Å²) >= 11 is 0. The zero-order valence-corrected chi connectivity index (χ0v) is 16.7. The van der Waals surface area contributed by atoms with E-state index in [-0.39, 0.29) is 17.9 Å². The topological polar surface area (TPSA) is 105 Å². The minimum Gasteiger partial charge on any atom is -0.489 e. The summed E-state index contributed by atoms with van der Waals surface area (Å²) < 4.78 is 5.73. The summed E-state index contributed by atoms with van der Waals surface area (Å²) in [4.78, 5) is 22.7. The van der Waals surface area contributed by atoms with E-state index in [0.29, 0.717) is 17.0 Å². The largest absolute Gasteiger partial charge is 0.489 e. The van der Waals surface area contributed by atoms with Gasteiger partial charge in [-0.2, -0.15) is 5.26 Å². The van der Waals surface area contributed by atoms with Gasteiger partial charge in [-0.15, -0.1) is 0 Å². The van der Waals surface area contributed by atoms with E-state index in [9.17, 15) is 20.2 Å². The molecule has 0 aliphatic carbocycles. The molecule has 3 rings (SSSR count). The summed E-state index contributed by atoms with van der Waals surface area (Å²) in [5.74, 6) is 0.0480. The standard InChI is InChI=1S/C24H19N3O4/c1-17-5-9-21(10-6-17)26-24(28)20(15-25)13-19-3-2-4-23(14-19)31-16-18-7-11-22(12-8-18)27(29)30/h2-14H,16H2,1H3,(H,26,28)/b20-13-. The van der Waals surface area contributed by atoms with Crippen LogP contribution in [0.3, 0.4) is 0 Å². The van der Waals surface area contributed by atoms with Gasteiger partial charge in [-0.3, -0.25) is 14.9 Å². The van der Waals surface area contributed by atoms with Gasteiger partial charge in [-0.1, -0.05) is 29.8 Å². The highest BCUT2D eigenvalue weighted by molar-refractivity contribution is 6.09. The van der Waals surface area contributed by atoms with Crippen LogP contribution in [0.2, 0.25) is 0 Å². The monoisotopic (exact) mass is 413 g/mol. The van der Waals surface area contributed by atoms with Crippen molar-refractivity contribution in [2.45, 2.75) is 13.5 Å². The maximum absolute atomic E-state index is 12.4. The Balaban J connectivity index is 1.68. The van der Waals surface area contributed by atoms with Crippen molar-refractivity contribution in [3.8, 4) is 11.8 Å². The molecule has 7 heteroatoms. The molecule has 7 nitrogen and oxygen atoms in total. The number of rotatable bonds is 7. The first kappa shape index (κ1) is 21.3. The third kappa shape index (κ3) is 6.02. The van der Waals surface area contributed by atoms with Crippen LogP contribution in [-0.4, -0.2) is 10.8 Å². The summed E-state index contributed by atoms with van der Waals surface area (Å²) in [5, 5.41) is 22.8. The average molecular weight is 413 g/mol. The predicted molar refractivity (Wildman–Crippen MR) is 117 cm³/mol. The second-order valence-corrected chi connectivity index (χ2v) is 6.77. The number of benzene rings is 3. The Morgan fingerprint density at radius 3 is 2.48 bits per heavy atom. The molecule has 0 aliphatic heterocycles. The zero-order chi connectivity index (χ0) is 22.2. The molecule has 0 bridgehead atoms. The SMILES string of the molecule is Cc1ccc(NC(=O)/C(C#N)=C\c2cccc(OCc3ccc([N+](=O)[O-])cc3)c2)cc1. The van der Waals surface area contributed by atoms with Crippen molar-refractivity contribution in [3.63, 3.8) is 0 Å². The summed E-state index contributed by atoms with van der Waals surface area (Å²) in [6.07, 6.45) is 1.49. The van der Waals surface area contributed by atoms with Crippen molar-refractivity contribution in [1.82, 2.24) is 0 Å². The first-order valence-corrected chi connectivity index (χ1v) is 9.40. The Morgan fingerprint density at radius 1 is 1.13 bits per heavy atom. The number of hydrogen-bond donors (Lipinski definition) is 1. The number of amides is 1. The lowest BCUT2D eigenvalue weighted by Crippen LogP contribution is -2.13. The van der Waals surface area contributed by atoms with Crippen molar-refractivity contribution in [3.05, 3.63) is 105 Å². The predicted octanol–water partition coefficient (Wildman–Crippen LogP) is 5.03. The number of hydrogen-bond acceptors (Lipinski definition) is 5. The number of carbonyl (C=O) groups is 1. The molecule has 3 aromatic rings. The van der Waals surface area contributed by atoms with E-state index in [1.165, 1.54) is 18.2 Å². The molecule has 0 saturated heterocycles. The number of nitro benzene ring substituents is 1. The second kappa shape index (κ2) is 9.85. The Hall–Kier alpha value is -4.44. The molecule has 0 atom stereocenters. The highest BCUT2D eigenvalue weighted by Gasteiger charge is 2.10. The highest BCUT2D eigenvalue weighted by atomic mass is 16.6. The van der Waals surface area contributed by atoms with Crippen molar-refractivity contribution >= 4 is 23.4 Å². The van der Waals surface area contributed by atoms with E-state index in [4.69, 9.17) is 4.74 Å². The van der Waals surface area contributed by atoms with E-state index in [0.717, 1.165) is 11.1 Å². The van der Waals surface area contributed by atoms with Gasteiger partial charge in [-0.25, -0.2) is 0 Å². The summed E-state index contributed by atoms with van der Waals surface area (Å²) in [6, 6.07) is 22.3. The number of carbonyl (C=O) groups excluding carboxylic acids is 1. The summed E-state index contributed by atoms with van der Waals surface area (Å²) in [6.45, 7) is 2.17. The smallest absolute Gasteiger partial charge is 0.269 e. The minimum atomic E-state index is -0.497. The number of nitriles is 1. The minimum absolute atomic E-state index is 0.0174. The summed E-state index contributed by atoms with van der Waals surface area (Å²) in [5.41, 5.74) is 3.08. The lowest BCUT2D eigenvalue weighted by Gasteiger charge is -2.08. The normalized spacial score (nSPS) is 10.8. The molecule has 0 spiro atoms. The quantitative estimate of drug-likeness (QED) is 0.253. The van der Waals surface area contributed by atoms with Crippen LogP contribution in [0.15, 0.2) is 78.4 Å². The van der Waals surface area contributed by atoms with Crippen LogP contribution in [-0.2, 0) is 11.4 Å². The number of non-ortho nitro benzene ring substituents is 1. The van der Waals surface area contributed by atoms with Gasteiger partial charge in [0.05, 0.1) is 4.92 Å². The van der Waals surface area contributed by atoms with Gasteiger partial charge < -0.3 is 10.1 Å². The molecule has 154 valence electrons.